The number of allylic oxidation sites excluding steroid dienone is 4. The van der Waals surface area contributed by atoms with Crippen molar-refractivity contribution in [2.45, 2.75) is 58.8 Å². The number of rotatable bonds is 18. The van der Waals surface area contributed by atoms with Crippen LogP contribution in [0.5, 0.6) is 23.0 Å². The van der Waals surface area contributed by atoms with Crippen LogP contribution in [-0.4, -0.2) is 48.6 Å². The summed E-state index contributed by atoms with van der Waals surface area (Å²) in [6.07, 6.45) is 10.8. The van der Waals surface area contributed by atoms with Crippen LogP contribution in [0.4, 0.5) is 0 Å². The Morgan fingerprint density at radius 1 is 0.744 bits per heavy atom. The van der Waals surface area contributed by atoms with E-state index in [4.69, 9.17) is 18.9 Å². The van der Waals surface area contributed by atoms with Crippen LogP contribution in [0, 0.1) is 0 Å². The molecule has 8 heteroatoms. The zero-order valence-electron chi connectivity index (χ0n) is 25.7. The number of hydrogen-bond donors (Lipinski definition) is 2. The average Bonchev–Trinajstić information content (AvgIpc) is 2.96. The molecule has 0 fully saturated rings. The normalized spacial score (nSPS) is 11.5. The van der Waals surface area contributed by atoms with Crippen LogP contribution >= 0.6 is 0 Å². The molecule has 0 aliphatic carbocycles. The van der Waals surface area contributed by atoms with E-state index in [1.54, 1.807) is 50.3 Å². The van der Waals surface area contributed by atoms with Gasteiger partial charge in [-0.15, -0.1) is 13.2 Å². The summed E-state index contributed by atoms with van der Waals surface area (Å²) in [4.78, 5) is 24.7. The van der Waals surface area contributed by atoms with Crippen molar-refractivity contribution in [3.05, 3.63) is 96.1 Å². The Morgan fingerprint density at radius 2 is 1.14 bits per heavy atom. The van der Waals surface area contributed by atoms with Gasteiger partial charge in [0.1, 0.15) is 23.0 Å². The number of carbonyl (C=O) groups is 2. The van der Waals surface area contributed by atoms with Gasteiger partial charge < -0.3 is 29.2 Å². The molecule has 2 rings (SSSR count). The molecule has 0 bridgehead atoms. The van der Waals surface area contributed by atoms with Crippen molar-refractivity contribution >= 4 is 11.9 Å². The lowest BCUT2D eigenvalue weighted by molar-refractivity contribution is -0.129. The molecule has 0 aromatic heterocycles. The Hall–Kier alpha value is -4.14. The second-order valence-corrected chi connectivity index (χ2v) is 10.1. The molecule has 0 spiro atoms. The lowest BCUT2D eigenvalue weighted by Gasteiger charge is -2.32. The number of benzene rings is 2. The van der Waals surface area contributed by atoms with Crippen molar-refractivity contribution < 1.29 is 38.7 Å². The van der Waals surface area contributed by atoms with Gasteiger partial charge in [-0.25, -0.2) is 9.59 Å². The van der Waals surface area contributed by atoms with Gasteiger partial charge in [-0.1, -0.05) is 50.3 Å². The summed E-state index contributed by atoms with van der Waals surface area (Å²) in [5.74, 6) is 0.688. The molecular formula is C35H44O8. The molecule has 232 valence electrons. The van der Waals surface area contributed by atoms with Gasteiger partial charge in [0.05, 0.1) is 13.2 Å². The average molecular weight is 593 g/mol. The van der Waals surface area contributed by atoms with Crippen LogP contribution in [0.1, 0.15) is 62.8 Å². The van der Waals surface area contributed by atoms with Crippen LogP contribution in [0.3, 0.4) is 0 Å². The molecule has 8 nitrogen and oxygen atoms in total. The van der Waals surface area contributed by atoms with Gasteiger partial charge in [0.2, 0.25) is 0 Å². The first-order valence-electron chi connectivity index (χ1n) is 14.4. The SMILES string of the molecule is C=CCc1c(OC(=O)C=CC)ccc(C(C)(C)c2ccc(OC(=O)C=CC)c(CC=C)c2OCCCO)c1OCCCO. The van der Waals surface area contributed by atoms with Gasteiger partial charge in [-0.2, -0.15) is 0 Å². The summed E-state index contributed by atoms with van der Waals surface area (Å²) in [5.41, 5.74) is 2.09. The maximum absolute atomic E-state index is 12.4. The van der Waals surface area contributed by atoms with E-state index in [1.807, 2.05) is 26.0 Å². The maximum Gasteiger partial charge on any atom is 0.335 e. The zero-order valence-corrected chi connectivity index (χ0v) is 25.7. The van der Waals surface area contributed by atoms with Crippen LogP contribution < -0.4 is 18.9 Å². The highest BCUT2D eigenvalue weighted by Crippen LogP contribution is 2.47. The Kier molecular flexibility index (Phi) is 14.5. The van der Waals surface area contributed by atoms with Crippen LogP contribution in [0.2, 0.25) is 0 Å². The fourth-order valence-corrected chi connectivity index (χ4v) is 4.58. The highest BCUT2D eigenvalue weighted by molar-refractivity contribution is 5.85. The topological polar surface area (TPSA) is 112 Å². The molecule has 2 aromatic carbocycles. The third-order valence-corrected chi connectivity index (χ3v) is 6.60. The second kappa shape index (κ2) is 17.7. The van der Waals surface area contributed by atoms with Gasteiger partial charge in [0.25, 0.3) is 0 Å². The van der Waals surface area contributed by atoms with Gasteiger partial charge in [-0.05, 0) is 38.8 Å². The van der Waals surface area contributed by atoms with E-state index in [0.717, 1.165) is 11.1 Å². The summed E-state index contributed by atoms with van der Waals surface area (Å²) in [6, 6.07) is 7.17. The molecule has 2 aromatic rings. The third kappa shape index (κ3) is 9.43. The first-order chi connectivity index (χ1) is 20.7. The fraction of sp³-hybridized carbons (Fsp3) is 0.371. The Morgan fingerprint density at radius 3 is 1.47 bits per heavy atom. The lowest BCUT2D eigenvalue weighted by atomic mass is 9.75. The minimum absolute atomic E-state index is 0.0490. The molecule has 0 radical (unpaired) electrons. The van der Waals surface area contributed by atoms with Crippen molar-refractivity contribution in [3.63, 3.8) is 0 Å². The molecule has 43 heavy (non-hydrogen) atoms. The van der Waals surface area contributed by atoms with E-state index in [2.05, 4.69) is 13.2 Å². The van der Waals surface area contributed by atoms with E-state index in [0.29, 0.717) is 59.8 Å². The van der Waals surface area contributed by atoms with Crippen LogP contribution in [0.15, 0.2) is 73.9 Å². The van der Waals surface area contributed by atoms with Gasteiger partial charge in [0, 0.05) is 65.9 Å². The summed E-state index contributed by atoms with van der Waals surface area (Å²) in [6.45, 7) is 15.6. The molecule has 0 aliphatic heterocycles. The van der Waals surface area contributed by atoms with Crippen molar-refractivity contribution in [1.29, 1.82) is 0 Å². The minimum Gasteiger partial charge on any atom is -0.493 e. The fourth-order valence-electron chi connectivity index (χ4n) is 4.58. The van der Waals surface area contributed by atoms with E-state index in [9.17, 15) is 19.8 Å². The van der Waals surface area contributed by atoms with Gasteiger partial charge in [0.15, 0.2) is 0 Å². The van der Waals surface area contributed by atoms with Crippen LogP contribution in [-0.2, 0) is 27.8 Å². The molecule has 0 amide bonds. The molecule has 0 saturated heterocycles. The second-order valence-electron chi connectivity index (χ2n) is 10.1. The summed E-state index contributed by atoms with van der Waals surface area (Å²) in [5, 5.41) is 18.9. The van der Waals surface area contributed by atoms with E-state index < -0.39 is 17.4 Å². The maximum atomic E-state index is 12.4. The summed E-state index contributed by atoms with van der Waals surface area (Å²) < 4.78 is 23.9. The number of aliphatic hydroxyl groups is 2. The first kappa shape index (κ1) is 35.1. The Balaban J connectivity index is 2.86. The monoisotopic (exact) mass is 592 g/mol. The number of aliphatic hydroxyl groups excluding tert-OH is 2. The largest absolute Gasteiger partial charge is 0.493 e. The predicted molar refractivity (Wildman–Crippen MR) is 168 cm³/mol. The highest BCUT2D eigenvalue weighted by Gasteiger charge is 2.34. The zero-order chi connectivity index (χ0) is 31.8. The smallest absolute Gasteiger partial charge is 0.335 e. The molecule has 0 saturated carbocycles. The molecule has 2 N–H and O–H groups in total. The molecule has 0 heterocycles. The molecular weight excluding hydrogens is 548 g/mol. The van der Waals surface area contributed by atoms with E-state index in [1.165, 1.54) is 12.2 Å². The minimum atomic E-state index is -0.757. The molecule has 0 atom stereocenters. The summed E-state index contributed by atoms with van der Waals surface area (Å²) in [7, 11) is 0. The highest BCUT2D eigenvalue weighted by atomic mass is 16.5. The number of carbonyl (C=O) groups excluding carboxylic acids is 2. The first-order valence-corrected chi connectivity index (χ1v) is 14.4. The third-order valence-electron chi connectivity index (χ3n) is 6.60. The molecule has 0 aliphatic rings. The Labute approximate surface area is 254 Å². The number of ether oxygens (including phenoxy) is 4. The molecule has 0 unspecified atom stereocenters. The van der Waals surface area contributed by atoms with Crippen LogP contribution in [0.25, 0.3) is 0 Å². The van der Waals surface area contributed by atoms with Crippen molar-refractivity contribution in [3.8, 4) is 23.0 Å². The Bertz CT molecular complexity index is 1220. The number of hydrogen-bond acceptors (Lipinski definition) is 8. The van der Waals surface area contributed by atoms with Gasteiger partial charge in [-0.3, -0.25) is 0 Å². The van der Waals surface area contributed by atoms with E-state index >= 15 is 0 Å². The lowest BCUT2D eigenvalue weighted by Crippen LogP contribution is -2.24. The summed E-state index contributed by atoms with van der Waals surface area (Å²) >= 11 is 0. The standard InChI is InChI=1S/C35H44O8/c1-7-13-25-29(42-31(38)15-9-3)19-17-27(33(25)40-23-11-21-36)35(5,6)28-18-20-30(43-32(39)16-10-4)26(14-8-2)34(28)41-24-12-22-37/h7-10,15-20,36-37H,1-2,11-14,21-24H2,3-6H3. The van der Waals surface area contributed by atoms with E-state index in [-0.39, 0.29) is 26.4 Å². The number of esters is 2. The van der Waals surface area contributed by atoms with Crippen molar-refractivity contribution in [1.82, 2.24) is 0 Å². The predicted octanol–water partition coefficient (Wildman–Crippen LogP) is 5.95. The van der Waals surface area contributed by atoms with Gasteiger partial charge >= 0.3 is 11.9 Å². The van der Waals surface area contributed by atoms with Crippen molar-refractivity contribution in [2.75, 3.05) is 26.4 Å². The van der Waals surface area contributed by atoms with Crippen molar-refractivity contribution in [2.24, 2.45) is 0 Å². The quantitative estimate of drug-likeness (QED) is 0.0718.